The zero-order valence-corrected chi connectivity index (χ0v) is 13.7. The molecule has 0 saturated heterocycles. The highest BCUT2D eigenvalue weighted by Crippen LogP contribution is 2.07. The number of rotatable bonds is 7. The summed E-state index contributed by atoms with van der Waals surface area (Å²) in [6.45, 7) is 2.71. The maximum absolute atomic E-state index is 11.8. The molecule has 2 rings (SSSR count). The molecule has 0 bridgehead atoms. The molecular weight excluding hydrogens is 292 g/mol. The summed E-state index contributed by atoms with van der Waals surface area (Å²) in [5, 5.41) is 2.81. The minimum atomic E-state index is -0.163. The first-order chi connectivity index (χ1) is 11.0. The van der Waals surface area contributed by atoms with Crippen LogP contribution in [0.4, 0.5) is 5.95 Å². The van der Waals surface area contributed by atoms with Crippen LogP contribution in [0.3, 0.4) is 0 Å². The lowest BCUT2D eigenvalue weighted by atomic mass is 10.2. The third-order valence-electron chi connectivity index (χ3n) is 3.11. The molecule has 0 aliphatic carbocycles. The maximum atomic E-state index is 11.8. The van der Waals surface area contributed by atoms with Crippen LogP contribution in [0.5, 0.6) is 0 Å². The molecule has 0 atom stereocenters. The Labute approximate surface area is 136 Å². The third-order valence-corrected chi connectivity index (χ3v) is 3.11. The van der Waals surface area contributed by atoms with Gasteiger partial charge in [0, 0.05) is 19.8 Å². The summed E-state index contributed by atoms with van der Waals surface area (Å²) < 4.78 is 5.40. The van der Waals surface area contributed by atoms with Crippen molar-refractivity contribution in [3.63, 3.8) is 0 Å². The van der Waals surface area contributed by atoms with E-state index in [2.05, 4.69) is 15.3 Å². The van der Waals surface area contributed by atoms with Gasteiger partial charge in [-0.2, -0.15) is 0 Å². The summed E-state index contributed by atoms with van der Waals surface area (Å²) in [6, 6.07) is 11.6. The summed E-state index contributed by atoms with van der Waals surface area (Å²) in [7, 11) is 3.77. The van der Waals surface area contributed by atoms with Crippen molar-refractivity contribution in [1.82, 2.24) is 15.3 Å². The molecule has 1 heterocycles. The van der Waals surface area contributed by atoms with Gasteiger partial charge in [0.1, 0.15) is 6.61 Å². The fourth-order valence-corrected chi connectivity index (χ4v) is 1.98. The Morgan fingerprint density at radius 3 is 2.65 bits per heavy atom. The Hall–Kier alpha value is -2.47. The van der Waals surface area contributed by atoms with Gasteiger partial charge in [0.15, 0.2) is 0 Å². The highest BCUT2D eigenvalue weighted by atomic mass is 16.5. The van der Waals surface area contributed by atoms with Gasteiger partial charge in [0.05, 0.1) is 18.8 Å². The average molecular weight is 314 g/mol. The van der Waals surface area contributed by atoms with E-state index in [9.17, 15) is 4.79 Å². The molecule has 1 aromatic carbocycles. The van der Waals surface area contributed by atoms with E-state index in [1.807, 2.05) is 62.3 Å². The summed E-state index contributed by atoms with van der Waals surface area (Å²) in [4.78, 5) is 22.4. The van der Waals surface area contributed by atoms with Crippen LogP contribution >= 0.6 is 0 Å². The Bertz CT molecular complexity index is 644. The molecule has 0 radical (unpaired) electrons. The highest BCUT2D eigenvalue weighted by Gasteiger charge is 2.06. The van der Waals surface area contributed by atoms with Gasteiger partial charge in [-0.15, -0.1) is 0 Å². The molecule has 2 aromatic rings. The number of aryl methyl sites for hydroxylation is 1. The Balaban J connectivity index is 1.78. The van der Waals surface area contributed by atoms with Gasteiger partial charge in [-0.3, -0.25) is 4.79 Å². The van der Waals surface area contributed by atoms with E-state index in [0.29, 0.717) is 19.1 Å². The van der Waals surface area contributed by atoms with Crippen LogP contribution in [0, 0.1) is 6.92 Å². The first-order valence-electron chi connectivity index (χ1n) is 7.45. The van der Waals surface area contributed by atoms with Crippen LogP contribution in [0.2, 0.25) is 0 Å². The lowest BCUT2D eigenvalue weighted by Crippen LogP contribution is -2.28. The molecule has 0 spiro atoms. The largest absolute Gasteiger partial charge is 0.367 e. The van der Waals surface area contributed by atoms with Crippen molar-refractivity contribution in [3.05, 3.63) is 53.3 Å². The summed E-state index contributed by atoms with van der Waals surface area (Å²) in [5.41, 5.74) is 2.69. The number of amides is 1. The topological polar surface area (TPSA) is 67.3 Å². The number of benzene rings is 1. The monoisotopic (exact) mass is 314 g/mol. The van der Waals surface area contributed by atoms with Crippen molar-refractivity contribution in [2.75, 3.05) is 25.6 Å². The molecule has 0 saturated carbocycles. The van der Waals surface area contributed by atoms with E-state index in [4.69, 9.17) is 4.74 Å². The number of carbonyl (C=O) groups excluding carboxylic acids is 1. The molecule has 1 aromatic heterocycles. The molecule has 122 valence electrons. The molecule has 0 aliphatic rings. The second-order valence-electron chi connectivity index (χ2n) is 5.45. The van der Waals surface area contributed by atoms with E-state index in [1.54, 1.807) is 0 Å². The number of nitrogens with one attached hydrogen (secondary N) is 1. The normalized spacial score (nSPS) is 10.4. The van der Waals surface area contributed by atoms with Crippen molar-refractivity contribution < 1.29 is 9.53 Å². The zero-order chi connectivity index (χ0) is 16.7. The molecule has 0 fully saturated rings. The molecule has 6 nitrogen and oxygen atoms in total. The van der Waals surface area contributed by atoms with Crippen molar-refractivity contribution in [1.29, 1.82) is 0 Å². The van der Waals surface area contributed by atoms with E-state index in [-0.39, 0.29) is 12.5 Å². The summed E-state index contributed by atoms with van der Waals surface area (Å²) in [6.07, 6.45) is 0. The Kier molecular flexibility index (Phi) is 6.05. The second-order valence-corrected chi connectivity index (χ2v) is 5.45. The Morgan fingerprint density at radius 1 is 1.22 bits per heavy atom. The van der Waals surface area contributed by atoms with Crippen molar-refractivity contribution in [3.8, 4) is 0 Å². The SMILES string of the molecule is Cc1cc(CNC(=O)COCc2ccccc2)nc(N(C)C)n1. The molecule has 1 N–H and O–H groups in total. The minimum Gasteiger partial charge on any atom is -0.367 e. The van der Waals surface area contributed by atoms with Crippen LogP contribution in [-0.2, 0) is 22.7 Å². The average Bonchev–Trinajstić information content (AvgIpc) is 2.53. The molecule has 6 heteroatoms. The second kappa shape index (κ2) is 8.24. The van der Waals surface area contributed by atoms with Gasteiger partial charge in [0.2, 0.25) is 11.9 Å². The van der Waals surface area contributed by atoms with E-state index < -0.39 is 0 Å². The molecule has 0 aliphatic heterocycles. The van der Waals surface area contributed by atoms with Gasteiger partial charge in [-0.25, -0.2) is 9.97 Å². The summed E-state index contributed by atoms with van der Waals surface area (Å²) >= 11 is 0. The first kappa shape index (κ1) is 16.9. The van der Waals surface area contributed by atoms with Gasteiger partial charge >= 0.3 is 0 Å². The minimum absolute atomic E-state index is 0.0273. The van der Waals surface area contributed by atoms with Crippen LogP contribution in [-0.4, -0.2) is 36.6 Å². The highest BCUT2D eigenvalue weighted by molar-refractivity contribution is 5.77. The standard InChI is InChI=1S/C17H22N4O2/c1-13-9-15(20-17(19-13)21(2)3)10-18-16(22)12-23-11-14-7-5-4-6-8-14/h4-9H,10-12H2,1-3H3,(H,18,22). The van der Waals surface area contributed by atoms with Crippen LogP contribution in [0.1, 0.15) is 17.0 Å². The van der Waals surface area contributed by atoms with E-state index >= 15 is 0 Å². The smallest absolute Gasteiger partial charge is 0.246 e. The quantitative estimate of drug-likeness (QED) is 0.842. The van der Waals surface area contributed by atoms with E-state index in [0.717, 1.165) is 17.0 Å². The zero-order valence-electron chi connectivity index (χ0n) is 13.7. The molecule has 1 amide bonds. The fourth-order valence-electron chi connectivity index (χ4n) is 1.98. The molecule has 23 heavy (non-hydrogen) atoms. The number of hydrogen-bond donors (Lipinski definition) is 1. The van der Waals surface area contributed by atoms with E-state index in [1.165, 1.54) is 0 Å². The Morgan fingerprint density at radius 2 is 1.96 bits per heavy atom. The third kappa shape index (κ3) is 5.67. The predicted molar refractivity (Wildman–Crippen MR) is 89.0 cm³/mol. The van der Waals surface area contributed by atoms with Crippen molar-refractivity contribution >= 4 is 11.9 Å². The van der Waals surface area contributed by atoms with Crippen LogP contribution in [0.25, 0.3) is 0 Å². The van der Waals surface area contributed by atoms with Crippen LogP contribution in [0.15, 0.2) is 36.4 Å². The van der Waals surface area contributed by atoms with Gasteiger partial charge in [-0.05, 0) is 18.6 Å². The lowest BCUT2D eigenvalue weighted by molar-refractivity contribution is -0.126. The number of aromatic nitrogens is 2. The number of carbonyl (C=O) groups is 1. The number of anilines is 1. The predicted octanol–water partition coefficient (Wildman–Crippen LogP) is 1.68. The number of nitrogens with zero attached hydrogens (tertiary/aromatic N) is 3. The van der Waals surface area contributed by atoms with Gasteiger partial charge in [0.25, 0.3) is 0 Å². The van der Waals surface area contributed by atoms with Crippen molar-refractivity contribution in [2.45, 2.75) is 20.1 Å². The molecular formula is C17H22N4O2. The summed E-state index contributed by atoms with van der Waals surface area (Å²) in [5.74, 6) is 0.471. The lowest BCUT2D eigenvalue weighted by Gasteiger charge is -2.12. The fraction of sp³-hybridized carbons (Fsp3) is 0.353. The molecule has 0 unspecified atom stereocenters. The first-order valence-corrected chi connectivity index (χ1v) is 7.45. The van der Waals surface area contributed by atoms with Crippen LogP contribution < -0.4 is 10.2 Å². The van der Waals surface area contributed by atoms with Gasteiger partial charge < -0.3 is 15.0 Å². The number of hydrogen-bond acceptors (Lipinski definition) is 5. The van der Waals surface area contributed by atoms with Crippen molar-refractivity contribution in [2.24, 2.45) is 0 Å². The van der Waals surface area contributed by atoms with Gasteiger partial charge in [-0.1, -0.05) is 30.3 Å². The maximum Gasteiger partial charge on any atom is 0.246 e. The number of ether oxygens (including phenoxy) is 1.